The van der Waals surface area contributed by atoms with Gasteiger partial charge in [-0.3, -0.25) is 9.59 Å². The first kappa shape index (κ1) is 14.7. The summed E-state index contributed by atoms with van der Waals surface area (Å²) in [6.45, 7) is 2.10. The summed E-state index contributed by atoms with van der Waals surface area (Å²) >= 11 is 0. The second-order valence-corrected chi connectivity index (χ2v) is 3.71. The van der Waals surface area contributed by atoms with E-state index in [2.05, 4.69) is 9.97 Å². The monoisotopic (exact) mass is 269 g/mol. The van der Waals surface area contributed by atoms with Gasteiger partial charge in [-0.15, -0.1) is 0 Å². The van der Waals surface area contributed by atoms with Crippen molar-refractivity contribution in [2.24, 2.45) is 0 Å². The second-order valence-electron chi connectivity index (χ2n) is 3.71. The Morgan fingerprint density at radius 3 is 2.74 bits per heavy atom. The third-order valence-electron chi connectivity index (χ3n) is 2.36. The normalized spacial score (nSPS) is 10.0. The molecule has 1 rings (SSSR count). The number of carboxylic acid groups (broad SMARTS) is 1. The second kappa shape index (κ2) is 6.53. The molecule has 8 heteroatoms. The van der Waals surface area contributed by atoms with E-state index in [1.807, 2.05) is 0 Å². The van der Waals surface area contributed by atoms with Crippen molar-refractivity contribution in [3.63, 3.8) is 0 Å². The minimum atomic E-state index is -1.26. The highest BCUT2D eigenvalue weighted by atomic mass is 16.5. The third kappa shape index (κ3) is 3.80. The Kier molecular flexibility index (Phi) is 5.04. The molecule has 0 saturated heterocycles. The molecule has 0 unspecified atom stereocenters. The molecule has 1 amide bonds. The number of aromatic nitrogens is 2. The average Bonchev–Trinajstić information content (AvgIpc) is 2.84. The van der Waals surface area contributed by atoms with Gasteiger partial charge in [-0.2, -0.15) is 0 Å². The van der Waals surface area contributed by atoms with Gasteiger partial charge in [0.1, 0.15) is 0 Å². The van der Waals surface area contributed by atoms with Gasteiger partial charge >= 0.3 is 11.9 Å². The molecule has 0 spiro atoms. The highest BCUT2D eigenvalue weighted by Crippen LogP contribution is 2.06. The fourth-order valence-corrected chi connectivity index (χ4v) is 1.39. The summed E-state index contributed by atoms with van der Waals surface area (Å²) in [6, 6.07) is 0. The predicted molar refractivity (Wildman–Crippen MR) is 63.8 cm³/mol. The predicted octanol–water partition coefficient (Wildman–Crippen LogP) is 0.133. The average molecular weight is 269 g/mol. The number of esters is 1. The standard InChI is InChI=1S/C11H15N3O5/c1-3-19-7(15)4-5-14(2)10(16)8-9(11(17)18)13-6-12-8/h6H,3-5H2,1-2H3,(H,12,13)(H,17,18). The minimum absolute atomic E-state index is 0.0446. The summed E-state index contributed by atoms with van der Waals surface area (Å²) < 4.78 is 4.73. The van der Waals surface area contributed by atoms with E-state index in [1.54, 1.807) is 6.92 Å². The van der Waals surface area contributed by atoms with Crippen LogP contribution in [0, 0.1) is 0 Å². The molecule has 1 heterocycles. The molecule has 8 nitrogen and oxygen atoms in total. The first-order valence-corrected chi connectivity index (χ1v) is 5.65. The zero-order chi connectivity index (χ0) is 14.4. The van der Waals surface area contributed by atoms with E-state index in [1.165, 1.54) is 11.9 Å². The SMILES string of the molecule is CCOC(=O)CCN(C)C(=O)c1nc[nH]c1C(=O)O. The maximum absolute atomic E-state index is 11.9. The van der Waals surface area contributed by atoms with Gasteiger partial charge in [0.25, 0.3) is 5.91 Å². The Labute approximate surface area is 109 Å². The topological polar surface area (TPSA) is 113 Å². The lowest BCUT2D eigenvalue weighted by Crippen LogP contribution is -2.30. The van der Waals surface area contributed by atoms with Crippen molar-refractivity contribution in [1.82, 2.24) is 14.9 Å². The van der Waals surface area contributed by atoms with Crippen molar-refractivity contribution >= 4 is 17.8 Å². The quantitative estimate of drug-likeness (QED) is 0.710. The van der Waals surface area contributed by atoms with Crippen molar-refractivity contribution in [3.05, 3.63) is 17.7 Å². The molecule has 0 aromatic carbocycles. The van der Waals surface area contributed by atoms with E-state index in [9.17, 15) is 14.4 Å². The zero-order valence-corrected chi connectivity index (χ0v) is 10.7. The number of hydrogen-bond donors (Lipinski definition) is 2. The van der Waals surface area contributed by atoms with Crippen molar-refractivity contribution in [3.8, 4) is 0 Å². The first-order valence-electron chi connectivity index (χ1n) is 5.65. The van der Waals surface area contributed by atoms with E-state index in [0.29, 0.717) is 0 Å². The van der Waals surface area contributed by atoms with Crippen LogP contribution in [0.2, 0.25) is 0 Å². The van der Waals surface area contributed by atoms with Gasteiger partial charge in [0, 0.05) is 13.6 Å². The smallest absolute Gasteiger partial charge is 0.354 e. The van der Waals surface area contributed by atoms with Crippen molar-refractivity contribution in [2.75, 3.05) is 20.2 Å². The lowest BCUT2D eigenvalue weighted by Gasteiger charge is -2.15. The van der Waals surface area contributed by atoms with Crippen LogP contribution in [-0.4, -0.2) is 58.0 Å². The highest BCUT2D eigenvalue weighted by Gasteiger charge is 2.22. The van der Waals surface area contributed by atoms with E-state index < -0.39 is 17.8 Å². The molecule has 0 fully saturated rings. The van der Waals surface area contributed by atoms with Crippen molar-refractivity contribution in [1.29, 1.82) is 0 Å². The summed E-state index contributed by atoms with van der Waals surface area (Å²) in [7, 11) is 1.46. The highest BCUT2D eigenvalue weighted by molar-refractivity contribution is 6.02. The van der Waals surface area contributed by atoms with Crippen LogP contribution >= 0.6 is 0 Å². The Bertz CT molecular complexity index is 482. The maximum atomic E-state index is 11.9. The van der Waals surface area contributed by atoms with Crippen molar-refractivity contribution < 1.29 is 24.2 Å². The molecule has 0 radical (unpaired) electrons. The molecule has 2 N–H and O–H groups in total. The summed E-state index contributed by atoms with van der Waals surface area (Å²) in [5, 5.41) is 8.86. The van der Waals surface area contributed by atoms with Gasteiger partial charge in [-0.1, -0.05) is 0 Å². The van der Waals surface area contributed by atoms with Crippen LogP contribution in [0.25, 0.3) is 0 Å². The molecule has 0 bridgehead atoms. The van der Waals surface area contributed by atoms with Crippen LogP contribution in [0.5, 0.6) is 0 Å². The maximum Gasteiger partial charge on any atom is 0.354 e. The Balaban J connectivity index is 2.64. The van der Waals surface area contributed by atoms with Gasteiger partial charge in [0.15, 0.2) is 11.4 Å². The van der Waals surface area contributed by atoms with Crippen LogP contribution in [0.3, 0.4) is 0 Å². The fourth-order valence-electron chi connectivity index (χ4n) is 1.39. The van der Waals surface area contributed by atoms with Crippen LogP contribution in [0.15, 0.2) is 6.33 Å². The molecule has 1 aromatic heterocycles. The Morgan fingerprint density at radius 1 is 1.47 bits per heavy atom. The van der Waals surface area contributed by atoms with E-state index in [-0.39, 0.29) is 31.0 Å². The number of nitrogens with zero attached hydrogens (tertiary/aromatic N) is 2. The number of carboxylic acids is 1. The Hall–Kier alpha value is -2.38. The largest absolute Gasteiger partial charge is 0.477 e. The van der Waals surface area contributed by atoms with Gasteiger partial charge < -0.3 is 19.7 Å². The lowest BCUT2D eigenvalue weighted by atomic mass is 10.3. The van der Waals surface area contributed by atoms with Crippen LogP contribution < -0.4 is 0 Å². The molecule has 0 aliphatic heterocycles. The molecular formula is C11H15N3O5. The number of carbonyl (C=O) groups is 3. The van der Waals surface area contributed by atoms with Crippen molar-refractivity contribution in [2.45, 2.75) is 13.3 Å². The molecule has 19 heavy (non-hydrogen) atoms. The Morgan fingerprint density at radius 2 is 2.16 bits per heavy atom. The number of nitrogens with one attached hydrogen (secondary N) is 1. The minimum Gasteiger partial charge on any atom is -0.477 e. The van der Waals surface area contributed by atoms with Crippen LogP contribution in [0.1, 0.15) is 34.3 Å². The number of aromatic carboxylic acids is 1. The summed E-state index contributed by atoms with van der Waals surface area (Å²) in [4.78, 5) is 41.2. The molecule has 0 saturated carbocycles. The summed E-state index contributed by atoms with van der Waals surface area (Å²) in [5.74, 6) is -2.25. The lowest BCUT2D eigenvalue weighted by molar-refractivity contribution is -0.143. The molecule has 1 aromatic rings. The van der Waals surface area contributed by atoms with E-state index >= 15 is 0 Å². The number of amides is 1. The number of ether oxygens (including phenoxy) is 1. The summed E-state index contributed by atoms with van der Waals surface area (Å²) in [6.07, 6.45) is 1.18. The molecule has 0 atom stereocenters. The fraction of sp³-hybridized carbons (Fsp3) is 0.455. The molecular weight excluding hydrogens is 254 g/mol. The van der Waals surface area contributed by atoms with E-state index in [4.69, 9.17) is 9.84 Å². The summed E-state index contributed by atoms with van der Waals surface area (Å²) in [5.41, 5.74) is -0.452. The zero-order valence-electron chi connectivity index (χ0n) is 10.7. The molecule has 104 valence electrons. The van der Waals surface area contributed by atoms with Gasteiger partial charge in [-0.05, 0) is 6.92 Å². The van der Waals surface area contributed by atoms with Gasteiger partial charge in [-0.25, -0.2) is 9.78 Å². The number of imidazole rings is 1. The van der Waals surface area contributed by atoms with Gasteiger partial charge in [0.05, 0.1) is 19.4 Å². The van der Waals surface area contributed by atoms with Gasteiger partial charge in [0.2, 0.25) is 0 Å². The first-order chi connectivity index (χ1) is 8.97. The van der Waals surface area contributed by atoms with Crippen LogP contribution in [0.4, 0.5) is 0 Å². The number of hydrogen-bond acceptors (Lipinski definition) is 5. The number of H-pyrrole nitrogens is 1. The third-order valence-corrected chi connectivity index (χ3v) is 2.36. The number of rotatable bonds is 6. The molecule has 0 aliphatic carbocycles. The molecule has 0 aliphatic rings. The number of aromatic amines is 1. The van der Waals surface area contributed by atoms with E-state index in [0.717, 1.165) is 6.33 Å². The number of carbonyl (C=O) groups excluding carboxylic acids is 2. The van der Waals surface area contributed by atoms with Crippen LogP contribution in [-0.2, 0) is 9.53 Å².